The summed E-state index contributed by atoms with van der Waals surface area (Å²) in [6, 6.07) is 11.8. The van der Waals surface area contributed by atoms with Crippen LogP contribution >= 0.6 is 31.9 Å². The number of nitrogens with one attached hydrogen (secondary N) is 1. The van der Waals surface area contributed by atoms with Gasteiger partial charge in [-0.3, -0.25) is 5.10 Å². The topological polar surface area (TPSA) is 54.7 Å². The van der Waals surface area contributed by atoms with Gasteiger partial charge in [0.2, 0.25) is 0 Å². The van der Waals surface area contributed by atoms with E-state index in [2.05, 4.69) is 42.1 Å². The van der Waals surface area contributed by atoms with Crippen molar-refractivity contribution in [3.05, 3.63) is 57.1 Å². The highest BCUT2D eigenvalue weighted by atomic mass is 79.9. The highest BCUT2D eigenvalue weighted by Crippen LogP contribution is 2.21. The van der Waals surface area contributed by atoms with E-state index in [9.17, 15) is 0 Å². The molecule has 0 saturated heterocycles. The van der Waals surface area contributed by atoms with E-state index in [4.69, 9.17) is 5.73 Å². The second-order valence-corrected chi connectivity index (χ2v) is 5.73. The fraction of sp³-hybridized carbons (Fsp3) is 0.0714. The van der Waals surface area contributed by atoms with Crippen LogP contribution in [-0.4, -0.2) is 10.2 Å². The number of aromatic nitrogens is 2. The van der Waals surface area contributed by atoms with Gasteiger partial charge in [-0.25, -0.2) is 0 Å². The number of aromatic amines is 1. The standard InChI is InChI=1S/C7H5BrN2.C7H8BrN/c8-6-2-1-3-7-5(6)4-9-10-7;1-5-6(8)3-2-4-7(5)9/h1-4H,(H,9,10);2-4H,9H2,1H3. The molecule has 0 unspecified atom stereocenters. The number of hydrogen-bond acceptors (Lipinski definition) is 2. The second kappa shape index (κ2) is 6.21. The summed E-state index contributed by atoms with van der Waals surface area (Å²) in [7, 11) is 0. The minimum Gasteiger partial charge on any atom is -0.398 e. The van der Waals surface area contributed by atoms with Crippen molar-refractivity contribution in [2.75, 3.05) is 5.73 Å². The Labute approximate surface area is 128 Å². The zero-order valence-corrected chi connectivity index (χ0v) is 13.5. The Kier molecular flexibility index (Phi) is 4.61. The van der Waals surface area contributed by atoms with Crippen molar-refractivity contribution in [3.63, 3.8) is 0 Å². The van der Waals surface area contributed by atoms with Gasteiger partial charge in [-0.1, -0.05) is 44.0 Å². The summed E-state index contributed by atoms with van der Waals surface area (Å²) >= 11 is 6.78. The van der Waals surface area contributed by atoms with E-state index >= 15 is 0 Å². The van der Waals surface area contributed by atoms with E-state index in [0.29, 0.717) is 0 Å². The van der Waals surface area contributed by atoms with Gasteiger partial charge in [0.25, 0.3) is 0 Å². The van der Waals surface area contributed by atoms with E-state index in [0.717, 1.165) is 31.1 Å². The zero-order chi connectivity index (χ0) is 13.8. The summed E-state index contributed by atoms with van der Waals surface area (Å²) in [5, 5.41) is 7.91. The Morgan fingerprint density at radius 1 is 1.05 bits per heavy atom. The minimum atomic E-state index is 0.837. The molecule has 0 amide bonds. The van der Waals surface area contributed by atoms with Crippen LogP contribution in [0.2, 0.25) is 0 Å². The molecule has 0 aliphatic carbocycles. The second-order valence-electron chi connectivity index (χ2n) is 4.03. The number of nitrogens with zero attached hydrogens (tertiary/aromatic N) is 1. The Bertz CT molecular complexity index is 672. The lowest BCUT2D eigenvalue weighted by atomic mass is 10.2. The molecular weight excluding hydrogens is 370 g/mol. The Morgan fingerprint density at radius 3 is 2.37 bits per heavy atom. The molecule has 0 atom stereocenters. The molecule has 3 rings (SSSR count). The van der Waals surface area contributed by atoms with Gasteiger partial charge < -0.3 is 5.73 Å². The van der Waals surface area contributed by atoms with Gasteiger partial charge in [0.1, 0.15) is 0 Å². The van der Waals surface area contributed by atoms with Crippen molar-refractivity contribution in [1.29, 1.82) is 0 Å². The summed E-state index contributed by atoms with van der Waals surface area (Å²) in [5.41, 5.74) is 8.60. The molecule has 0 radical (unpaired) electrons. The van der Waals surface area contributed by atoms with Crippen LogP contribution in [0.1, 0.15) is 5.56 Å². The minimum absolute atomic E-state index is 0.837. The Balaban J connectivity index is 0.000000141. The number of hydrogen-bond donors (Lipinski definition) is 2. The Hall–Kier alpha value is -1.33. The molecule has 3 N–H and O–H groups in total. The molecule has 0 aliphatic rings. The fourth-order valence-electron chi connectivity index (χ4n) is 1.56. The van der Waals surface area contributed by atoms with Gasteiger partial charge in [-0.2, -0.15) is 5.10 Å². The van der Waals surface area contributed by atoms with Crippen molar-refractivity contribution in [2.45, 2.75) is 6.92 Å². The summed E-state index contributed by atoms with van der Waals surface area (Å²) in [6.07, 6.45) is 1.80. The number of H-pyrrole nitrogens is 1. The summed E-state index contributed by atoms with van der Waals surface area (Å²) in [6.45, 7) is 1.99. The first-order valence-electron chi connectivity index (χ1n) is 5.68. The van der Waals surface area contributed by atoms with E-state index in [1.807, 2.05) is 43.3 Å². The molecule has 98 valence electrons. The predicted molar refractivity (Wildman–Crippen MR) is 87.1 cm³/mol. The molecule has 3 nitrogen and oxygen atoms in total. The molecule has 1 heterocycles. The first-order valence-corrected chi connectivity index (χ1v) is 7.26. The third kappa shape index (κ3) is 3.36. The van der Waals surface area contributed by atoms with Crippen LogP contribution in [0.4, 0.5) is 5.69 Å². The van der Waals surface area contributed by atoms with Crippen LogP contribution in [0, 0.1) is 6.92 Å². The lowest BCUT2D eigenvalue weighted by Gasteiger charge is -1.99. The van der Waals surface area contributed by atoms with Crippen molar-refractivity contribution < 1.29 is 0 Å². The van der Waals surface area contributed by atoms with Crippen LogP contribution in [0.5, 0.6) is 0 Å². The third-order valence-electron chi connectivity index (χ3n) is 2.74. The van der Waals surface area contributed by atoms with Crippen molar-refractivity contribution in [3.8, 4) is 0 Å². The number of halogens is 2. The maximum absolute atomic E-state index is 5.59. The first kappa shape index (κ1) is 14.1. The average molecular weight is 383 g/mol. The summed E-state index contributed by atoms with van der Waals surface area (Å²) in [4.78, 5) is 0. The number of benzene rings is 2. The molecule has 1 aromatic heterocycles. The van der Waals surface area contributed by atoms with Crippen LogP contribution in [0.25, 0.3) is 10.9 Å². The molecule has 0 saturated carbocycles. The van der Waals surface area contributed by atoms with Gasteiger partial charge in [0.15, 0.2) is 0 Å². The SMILES string of the molecule is Brc1cccc2[nH]ncc12.Cc1c(N)cccc1Br. The van der Waals surface area contributed by atoms with Gasteiger partial charge >= 0.3 is 0 Å². The highest BCUT2D eigenvalue weighted by Gasteiger charge is 1.96. The van der Waals surface area contributed by atoms with Gasteiger partial charge in [-0.15, -0.1) is 0 Å². The summed E-state index contributed by atoms with van der Waals surface area (Å²) in [5.74, 6) is 0. The van der Waals surface area contributed by atoms with Crippen molar-refractivity contribution in [2.24, 2.45) is 0 Å². The molecule has 0 fully saturated rings. The quantitative estimate of drug-likeness (QED) is 0.555. The molecule has 5 heteroatoms. The number of anilines is 1. The van der Waals surface area contributed by atoms with Crippen LogP contribution < -0.4 is 5.73 Å². The highest BCUT2D eigenvalue weighted by molar-refractivity contribution is 9.11. The van der Waals surface area contributed by atoms with Crippen LogP contribution in [0.15, 0.2) is 51.5 Å². The average Bonchev–Trinajstić information content (AvgIpc) is 2.86. The molecule has 2 aromatic carbocycles. The largest absolute Gasteiger partial charge is 0.398 e. The Morgan fingerprint density at radius 2 is 1.74 bits per heavy atom. The number of rotatable bonds is 0. The molecule has 0 bridgehead atoms. The third-order valence-corrected chi connectivity index (χ3v) is 4.29. The number of nitrogens with two attached hydrogens (primary N) is 1. The molecule has 0 aliphatic heterocycles. The van der Waals surface area contributed by atoms with E-state index in [1.54, 1.807) is 6.20 Å². The smallest absolute Gasteiger partial charge is 0.0661 e. The lowest BCUT2D eigenvalue weighted by Crippen LogP contribution is -1.88. The number of nitrogen functional groups attached to an aromatic ring is 1. The van der Waals surface area contributed by atoms with Crippen LogP contribution in [0.3, 0.4) is 0 Å². The lowest BCUT2D eigenvalue weighted by molar-refractivity contribution is 1.12. The predicted octanol–water partition coefficient (Wildman–Crippen LogP) is 4.67. The van der Waals surface area contributed by atoms with Gasteiger partial charge in [-0.05, 0) is 36.8 Å². The molecular formula is C14H13Br2N3. The molecule has 0 spiro atoms. The maximum atomic E-state index is 5.59. The molecule has 3 aromatic rings. The monoisotopic (exact) mass is 381 g/mol. The number of fused-ring (bicyclic) bond motifs is 1. The van der Waals surface area contributed by atoms with E-state index in [1.165, 1.54) is 0 Å². The normalized spacial score (nSPS) is 10.1. The fourth-order valence-corrected chi connectivity index (χ4v) is 2.41. The molecule has 19 heavy (non-hydrogen) atoms. The summed E-state index contributed by atoms with van der Waals surface area (Å²) < 4.78 is 2.15. The van der Waals surface area contributed by atoms with Gasteiger partial charge in [0, 0.05) is 20.0 Å². The van der Waals surface area contributed by atoms with Crippen molar-refractivity contribution >= 4 is 48.5 Å². The van der Waals surface area contributed by atoms with E-state index < -0.39 is 0 Å². The van der Waals surface area contributed by atoms with Gasteiger partial charge in [0.05, 0.1) is 11.7 Å². The maximum Gasteiger partial charge on any atom is 0.0661 e. The van der Waals surface area contributed by atoms with Crippen molar-refractivity contribution in [1.82, 2.24) is 10.2 Å². The van der Waals surface area contributed by atoms with Crippen LogP contribution in [-0.2, 0) is 0 Å². The van der Waals surface area contributed by atoms with E-state index in [-0.39, 0.29) is 0 Å². The zero-order valence-electron chi connectivity index (χ0n) is 10.3. The first-order chi connectivity index (χ1) is 9.09.